The lowest BCUT2D eigenvalue weighted by molar-refractivity contribution is 1.15. The largest absolute Gasteiger partial charge is 0.275 e. The number of imidazole rings is 4. The molecule has 0 aliphatic rings. The second-order valence-corrected chi connectivity index (χ2v) is 11.1. The molecule has 0 aliphatic carbocycles. The van der Waals surface area contributed by atoms with Gasteiger partial charge >= 0.3 is 0 Å². The second-order valence-electron chi connectivity index (χ2n) is 11.1. The molecule has 0 atom stereocenters. The number of fused-ring (bicyclic) bond motifs is 20. The molecule has 7 aromatic carbocycles. The standard InChI is InChI=1S/C36H19N5/c1-5-14-24-20(10-1)22-12-3-7-16-26(22)32-30(24)37-35-39(32)28-18-9-19-29-34(28)41(35)36-38-31-25-15-6-2-11-21(25)23-13-4-8-17-27(23)33(31)40(29)36/h1-19H. The highest BCUT2D eigenvalue weighted by Gasteiger charge is 2.26. The van der Waals surface area contributed by atoms with Gasteiger partial charge in [-0.05, 0) is 33.7 Å². The van der Waals surface area contributed by atoms with E-state index in [0.29, 0.717) is 0 Å². The van der Waals surface area contributed by atoms with Crippen molar-refractivity contribution in [2.24, 2.45) is 0 Å². The van der Waals surface area contributed by atoms with Crippen molar-refractivity contribution in [1.29, 1.82) is 0 Å². The number of hydrogen-bond acceptors (Lipinski definition) is 2. The third-order valence-electron chi connectivity index (χ3n) is 9.13. The predicted octanol–water partition coefficient (Wildman–Crippen LogP) is 8.74. The predicted molar refractivity (Wildman–Crippen MR) is 169 cm³/mol. The van der Waals surface area contributed by atoms with Crippen LogP contribution in [0.15, 0.2) is 115 Å². The van der Waals surface area contributed by atoms with Crippen molar-refractivity contribution in [2.45, 2.75) is 0 Å². The molecule has 188 valence electrons. The molecule has 0 fully saturated rings. The summed E-state index contributed by atoms with van der Waals surface area (Å²) in [5, 5.41) is 9.72. The molecule has 0 radical (unpaired) electrons. The van der Waals surface area contributed by atoms with Gasteiger partial charge in [-0.1, -0.05) is 103 Å². The minimum Gasteiger partial charge on any atom is -0.275 e. The highest BCUT2D eigenvalue weighted by atomic mass is 15.3. The summed E-state index contributed by atoms with van der Waals surface area (Å²) in [5.74, 6) is 1.79. The van der Waals surface area contributed by atoms with E-state index >= 15 is 0 Å². The molecular weight excluding hydrogens is 502 g/mol. The lowest BCUT2D eigenvalue weighted by Gasteiger charge is -2.07. The first-order valence-corrected chi connectivity index (χ1v) is 14.0. The minimum absolute atomic E-state index is 0.895. The molecule has 0 amide bonds. The molecule has 0 saturated carbocycles. The lowest BCUT2D eigenvalue weighted by atomic mass is 10.00. The maximum Gasteiger partial charge on any atom is 0.223 e. The zero-order valence-corrected chi connectivity index (χ0v) is 21.7. The molecule has 11 aromatic rings. The molecule has 11 rings (SSSR count). The highest BCUT2D eigenvalue weighted by Crippen LogP contribution is 2.42. The molecule has 41 heavy (non-hydrogen) atoms. The summed E-state index contributed by atoms with van der Waals surface area (Å²) in [6.07, 6.45) is 0. The highest BCUT2D eigenvalue weighted by molar-refractivity contribution is 6.26. The Morgan fingerprint density at radius 1 is 0.317 bits per heavy atom. The summed E-state index contributed by atoms with van der Waals surface area (Å²) in [6, 6.07) is 41.3. The Balaban J connectivity index is 1.47. The number of hydrogen-bond donors (Lipinski definition) is 0. The van der Waals surface area contributed by atoms with Gasteiger partial charge in [0.1, 0.15) is 5.52 Å². The van der Waals surface area contributed by atoms with Gasteiger partial charge in [-0.2, -0.15) is 0 Å². The SMILES string of the molecule is c1ccc2c(c1)c1ccccc1c1c2nc2n1c1cccc3c1n2c1nc2c4ccccc4c4ccccc4c2n31. The average Bonchev–Trinajstić information content (AvgIpc) is 3.77. The number of para-hydroxylation sites is 1. The van der Waals surface area contributed by atoms with Crippen LogP contribution < -0.4 is 0 Å². The molecule has 0 unspecified atom stereocenters. The van der Waals surface area contributed by atoms with Gasteiger partial charge in [0.25, 0.3) is 0 Å². The van der Waals surface area contributed by atoms with Crippen LogP contribution in [0, 0.1) is 0 Å². The fraction of sp³-hybridized carbons (Fsp3) is 0. The Labute approximate surface area is 231 Å². The van der Waals surface area contributed by atoms with E-state index in [9.17, 15) is 0 Å². The van der Waals surface area contributed by atoms with Gasteiger partial charge in [0.05, 0.1) is 33.1 Å². The number of benzene rings is 7. The van der Waals surface area contributed by atoms with Crippen molar-refractivity contribution in [3.05, 3.63) is 115 Å². The summed E-state index contributed by atoms with van der Waals surface area (Å²) >= 11 is 0. The van der Waals surface area contributed by atoms with Gasteiger partial charge in [-0.3, -0.25) is 8.80 Å². The summed E-state index contributed by atoms with van der Waals surface area (Å²) in [7, 11) is 0. The third kappa shape index (κ3) is 2.18. The molecule has 0 bridgehead atoms. The van der Waals surface area contributed by atoms with E-state index in [1.807, 2.05) is 0 Å². The Morgan fingerprint density at radius 2 is 0.683 bits per heavy atom. The van der Waals surface area contributed by atoms with Gasteiger partial charge in [-0.25, -0.2) is 14.4 Å². The molecule has 0 spiro atoms. The Bertz CT molecular complexity index is 2720. The van der Waals surface area contributed by atoms with Gasteiger partial charge in [0.2, 0.25) is 11.6 Å². The van der Waals surface area contributed by atoms with Crippen molar-refractivity contribution < 1.29 is 0 Å². The van der Waals surface area contributed by atoms with Crippen molar-refractivity contribution in [2.75, 3.05) is 0 Å². The fourth-order valence-electron chi connectivity index (χ4n) is 7.54. The van der Waals surface area contributed by atoms with E-state index in [4.69, 9.17) is 9.97 Å². The Morgan fingerprint density at radius 3 is 1.12 bits per heavy atom. The normalized spacial score (nSPS) is 12.9. The van der Waals surface area contributed by atoms with Crippen LogP contribution in [0.3, 0.4) is 0 Å². The van der Waals surface area contributed by atoms with Crippen LogP contribution in [-0.4, -0.2) is 23.2 Å². The molecule has 4 aromatic heterocycles. The van der Waals surface area contributed by atoms with Crippen molar-refractivity contribution in [3.8, 4) is 0 Å². The van der Waals surface area contributed by atoms with Crippen LogP contribution in [0.2, 0.25) is 0 Å². The first-order valence-electron chi connectivity index (χ1n) is 14.0. The number of aromatic nitrogens is 5. The Hall–Kier alpha value is -5.68. The van der Waals surface area contributed by atoms with Crippen LogP contribution in [0.4, 0.5) is 0 Å². The first-order chi connectivity index (χ1) is 20.4. The summed E-state index contributed by atoms with van der Waals surface area (Å²) in [6.45, 7) is 0. The topological polar surface area (TPSA) is 39.0 Å². The minimum atomic E-state index is 0.895. The maximum atomic E-state index is 5.40. The summed E-state index contributed by atoms with van der Waals surface area (Å²) in [5.41, 5.74) is 7.78. The van der Waals surface area contributed by atoms with Crippen LogP contribution >= 0.6 is 0 Å². The van der Waals surface area contributed by atoms with E-state index < -0.39 is 0 Å². The molecule has 0 aliphatic heterocycles. The van der Waals surface area contributed by atoms with E-state index in [0.717, 1.165) is 50.2 Å². The monoisotopic (exact) mass is 521 g/mol. The summed E-state index contributed by atoms with van der Waals surface area (Å²) in [4.78, 5) is 10.8. The molecule has 5 heteroatoms. The third-order valence-corrected chi connectivity index (χ3v) is 9.13. The van der Waals surface area contributed by atoms with E-state index in [1.165, 1.54) is 43.1 Å². The molecule has 0 N–H and O–H groups in total. The van der Waals surface area contributed by atoms with Crippen molar-refractivity contribution in [1.82, 2.24) is 23.2 Å². The average molecular weight is 522 g/mol. The number of nitrogens with zero attached hydrogens (tertiary/aromatic N) is 5. The second kappa shape index (κ2) is 6.72. The van der Waals surface area contributed by atoms with Gasteiger partial charge in [-0.15, -0.1) is 0 Å². The maximum absolute atomic E-state index is 5.40. The fourth-order valence-corrected chi connectivity index (χ4v) is 7.54. The van der Waals surface area contributed by atoms with E-state index in [2.05, 4.69) is 128 Å². The van der Waals surface area contributed by atoms with Crippen LogP contribution in [-0.2, 0) is 0 Å². The van der Waals surface area contributed by atoms with E-state index in [1.54, 1.807) is 0 Å². The van der Waals surface area contributed by atoms with Gasteiger partial charge in [0, 0.05) is 21.5 Å². The summed E-state index contributed by atoms with van der Waals surface area (Å²) < 4.78 is 6.97. The van der Waals surface area contributed by atoms with Crippen LogP contribution in [0.5, 0.6) is 0 Å². The van der Waals surface area contributed by atoms with Gasteiger partial charge in [0.15, 0.2) is 0 Å². The van der Waals surface area contributed by atoms with E-state index in [-0.39, 0.29) is 0 Å². The van der Waals surface area contributed by atoms with Crippen LogP contribution in [0.25, 0.3) is 93.3 Å². The van der Waals surface area contributed by atoms with Crippen LogP contribution in [0.1, 0.15) is 0 Å². The van der Waals surface area contributed by atoms with Crippen molar-refractivity contribution >= 4 is 93.3 Å². The number of rotatable bonds is 0. The zero-order chi connectivity index (χ0) is 26.4. The van der Waals surface area contributed by atoms with Crippen molar-refractivity contribution in [3.63, 3.8) is 0 Å². The zero-order valence-electron chi connectivity index (χ0n) is 21.7. The lowest BCUT2D eigenvalue weighted by Crippen LogP contribution is -1.88. The van der Waals surface area contributed by atoms with Gasteiger partial charge < -0.3 is 0 Å². The smallest absolute Gasteiger partial charge is 0.223 e. The molecule has 5 nitrogen and oxygen atoms in total. The molecule has 0 saturated heterocycles. The molecular formula is C36H19N5. The first kappa shape index (κ1) is 20.3. The molecule has 4 heterocycles. The Kier molecular flexibility index (Phi) is 3.32. The quantitative estimate of drug-likeness (QED) is 0.187.